The van der Waals surface area contributed by atoms with E-state index in [0.717, 1.165) is 5.56 Å². The van der Waals surface area contributed by atoms with Crippen molar-refractivity contribution in [2.24, 2.45) is 0 Å². The van der Waals surface area contributed by atoms with Crippen molar-refractivity contribution in [3.8, 4) is 0 Å². The number of amides is 2. The topological polar surface area (TPSA) is 88.6 Å². The van der Waals surface area contributed by atoms with Gasteiger partial charge >= 0.3 is 5.97 Å². The Morgan fingerprint density at radius 1 is 1.14 bits per heavy atom. The van der Waals surface area contributed by atoms with E-state index in [2.05, 4.69) is 10.3 Å². The lowest BCUT2D eigenvalue weighted by molar-refractivity contribution is -0.143. The van der Waals surface area contributed by atoms with Crippen molar-refractivity contribution in [3.63, 3.8) is 0 Å². The number of nitrogens with one attached hydrogen (secondary N) is 1. The number of hydrogen-bond acceptors (Lipinski definition) is 6. The summed E-state index contributed by atoms with van der Waals surface area (Å²) in [6, 6.07) is 9.76. The summed E-state index contributed by atoms with van der Waals surface area (Å²) >= 11 is 1.21. The average molecular weight is 404 g/mol. The van der Waals surface area contributed by atoms with Crippen LogP contribution in [-0.2, 0) is 20.7 Å². The van der Waals surface area contributed by atoms with Gasteiger partial charge in [0.15, 0.2) is 5.13 Å². The first-order valence-electron chi connectivity index (χ1n) is 9.27. The monoisotopic (exact) mass is 403 g/mol. The molecular weight excluding hydrogens is 378 g/mol. The van der Waals surface area contributed by atoms with Gasteiger partial charge in [-0.15, -0.1) is 11.3 Å². The van der Waals surface area contributed by atoms with E-state index in [0.29, 0.717) is 31.1 Å². The summed E-state index contributed by atoms with van der Waals surface area (Å²) in [5.74, 6) is -0.752. The largest absolute Gasteiger partial charge is 0.466 e. The van der Waals surface area contributed by atoms with E-state index in [1.54, 1.807) is 12.3 Å². The molecule has 1 aromatic carbocycles. The highest BCUT2D eigenvalue weighted by Gasteiger charge is 2.19. The Morgan fingerprint density at radius 2 is 1.89 bits per heavy atom. The van der Waals surface area contributed by atoms with Crippen LogP contribution in [0.3, 0.4) is 0 Å². The van der Waals surface area contributed by atoms with Crippen molar-refractivity contribution in [1.82, 2.24) is 9.88 Å². The second-order valence-electron chi connectivity index (χ2n) is 6.01. The number of carbonyl (C=O) groups excluding carboxylic acids is 3. The fourth-order valence-corrected chi connectivity index (χ4v) is 3.24. The van der Waals surface area contributed by atoms with Crippen molar-refractivity contribution < 1.29 is 19.1 Å². The minimum absolute atomic E-state index is 0.140. The first-order chi connectivity index (χ1) is 13.5. The molecule has 2 aromatic rings. The van der Waals surface area contributed by atoms with Gasteiger partial charge in [0.25, 0.3) is 5.91 Å². The molecular formula is C20H25N3O4S. The van der Waals surface area contributed by atoms with E-state index in [4.69, 9.17) is 4.74 Å². The minimum atomic E-state index is -0.335. The first-order valence-corrected chi connectivity index (χ1v) is 10.2. The van der Waals surface area contributed by atoms with Crippen LogP contribution in [-0.4, -0.2) is 47.4 Å². The summed E-state index contributed by atoms with van der Waals surface area (Å²) in [7, 11) is 0. The van der Waals surface area contributed by atoms with Crippen molar-refractivity contribution in [2.75, 3.05) is 25.0 Å². The number of aryl methyl sites for hydroxylation is 1. The van der Waals surface area contributed by atoms with Crippen LogP contribution in [0.5, 0.6) is 0 Å². The van der Waals surface area contributed by atoms with E-state index in [1.165, 1.54) is 16.2 Å². The number of anilines is 1. The molecule has 1 heterocycles. The molecule has 28 heavy (non-hydrogen) atoms. The van der Waals surface area contributed by atoms with E-state index >= 15 is 0 Å². The lowest BCUT2D eigenvalue weighted by Gasteiger charge is -2.19. The number of rotatable bonds is 10. The molecule has 0 radical (unpaired) electrons. The van der Waals surface area contributed by atoms with Crippen LogP contribution in [0.4, 0.5) is 5.13 Å². The molecule has 0 bridgehead atoms. The molecule has 0 aliphatic rings. The highest BCUT2D eigenvalue weighted by Crippen LogP contribution is 2.17. The van der Waals surface area contributed by atoms with E-state index in [1.807, 2.05) is 37.3 Å². The molecule has 0 unspecified atom stereocenters. The highest BCUT2D eigenvalue weighted by molar-refractivity contribution is 7.14. The third-order valence-electron chi connectivity index (χ3n) is 4.01. The van der Waals surface area contributed by atoms with Crippen molar-refractivity contribution in [1.29, 1.82) is 0 Å². The SMILES string of the molecule is CCOC(=O)CCN(CC)C(=O)c1csc(NC(=O)CCc2ccccc2)n1. The molecule has 0 atom stereocenters. The van der Waals surface area contributed by atoms with Crippen LogP contribution in [0, 0.1) is 0 Å². The van der Waals surface area contributed by atoms with Crippen LogP contribution in [0.1, 0.15) is 42.7 Å². The molecule has 2 amide bonds. The van der Waals surface area contributed by atoms with Gasteiger partial charge in [-0.2, -0.15) is 0 Å². The normalized spacial score (nSPS) is 10.4. The maximum atomic E-state index is 12.6. The van der Waals surface area contributed by atoms with Crippen LogP contribution < -0.4 is 5.32 Å². The molecule has 1 aromatic heterocycles. The zero-order chi connectivity index (χ0) is 20.4. The van der Waals surface area contributed by atoms with Crippen LogP contribution in [0.15, 0.2) is 35.7 Å². The summed E-state index contributed by atoms with van der Waals surface area (Å²) in [5, 5.41) is 4.74. The highest BCUT2D eigenvalue weighted by atomic mass is 32.1. The number of esters is 1. The van der Waals surface area contributed by atoms with E-state index in [9.17, 15) is 14.4 Å². The number of hydrogen-bond donors (Lipinski definition) is 1. The lowest BCUT2D eigenvalue weighted by Crippen LogP contribution is -2.33. The van der Waals surface area contributed by atoms with Gasteiger partial charge in [-0.25, -0.2) is 4.98 Å². The third kappa shape index (κ3) is 6.77. The second-order valence-corrected chi connectivity index (χ2v) is 6.87. The molecule has 8 heteroatoms. The molecule has 0 saturated carbocycles. The number of aromatic nitrogens is 1. The summed E-state index contributed by atoms with van der Waals surface area (Å²) < 4.78 is 4.89. The second kappa shape index (κ2) is 11.2. The van der Waals surface area contributed by atoms with E-state index < -0.39 is 0 Å². The summed E-state index contributed by atoms with van der Waals surface area (Å²) in [6.07, 6.45) is 1.12. The van der Waals surface area contributed by atoms with Crippen molar-refractivity contribution in [3.05, 3.63) is 47.0 Å². The fourth-order valence-electron chi connectivity index (χ4n) is 2.54. The molecule has 1 N–H and O–H groups in total. The summed E-state index contributed by atoms with van der Waals surface area (Å²) in [6.45, 7) is 4.62. The maximum Gasteiger partial charge on any atom is 0.307 e. The Hall–Kier alpha value is -2.74. The van der Waals surface area contributed by atoms with Crippen molar-refractivity contribution >= 4 is 34.3 Å². The van der Waals surface area contributed by atoms with Crippen LogP contribution in [0.25, 0.3) is 0 Å². The number of ether oxygens (including phenoxy) is 1. The van der Waals surface area contributed by atoms with Gasteiger partial charge in [-0.1, -0.05) is 30.3 Å². The first kappa shape index (κ1) is 21.6. The Balaban J connectivity index is 1.86. The average Bonchev–Trinajstić information content (AvgIpc) is 3.16. The Kier molecular flexibility index (Phi) is 8.61. The number of benzene rings is 1. The number of thiazole rings is 1. The number of nitrogens with zero attached hydrogens (tertiary/aromatic N) is 2. The quantitative estimate of drug-likeness (QED) is 0.616. The molecule has 150 valence electrons. The van der Waals surface area contributed by atoms with Gasteiger partial charge in [0.05, 0.1) is 13.0 Å². The summed E-state index contributed by atoms with van der Waals surface area (Å²) in [4.78, 5) is 41.9. The minimum Gasteiger partial charge on any atom is -0.466 e. The Labute approximate surface area is 168 Å². The smallest absolute Gasteiger partial charge is 0.307 e. The fraction of sp³-hybridized carbons (Fsp3) is 0.400. The van der Waals surface area contributed by atoms with Gasteiger partial charge in [0.1, 0.15) is 5.69 Å². The van der Waals surface area contributed by atoms with Crippen molar-refractivity contribution in [2.45, 2.75) is 33.1 Å². The predicted octanol–water partition coefficient (Wildman–Crippen LogP) is 3.13. The molecule has 0 spiro atoms. The third-order valence-corrected chi connectivity index (χ3v) is 4.77. The van der Waals surface area contributed by atoms with Crippen LogP contribution in [0.2, 0.25) is 0 Å². The Morgan fingerprint density at radius 3 is 2.57 bits per heavy atom. The van der Waals surface area contributed by atoms with Gasteiger partial charge in [-0.05, 0) is 25.8 Å². The lowest BCUT2D eigenvalue weighted by atomic mass is 10.1. The predicted molar refractivity (Wildman–Crippen MR) is 108 cm³/mol. The molecule has 0 aliphatic carbocycles. The van der Waals surface area contributed by atoms with Crippen LogP contribution >= 0.6 is 11.3 Å². The Bertz CT molecular complexity index is 792. The summed E-state index contributed by atoms with van der Waals surface area (Å²) in [5.41, 5.74) is 1.35. The zero-order valence-corrected chi connectivity index (χ0v) is 17.0. The zero-order valence-electron chi connectivity index (χ0n) is 16.1. The molecule has 0 saturated heterocycles. The van der Waals surface area contributed by atoms with Gasteiger partial charge < -0.3 is 15.0 Å². The number of carbonyl (C=O) groups is 3. The van der Waals surface area contributed by atoms with Gasteiger partial charge in [0.2, 0.25) is 5.91 Å². The van der Waals surface area contributed by atoms with Gasteiger partial charge in [-0.3, -0.25) is 14.4 Å². The molecule has 7 nitrogen and oxygen atoms in total. The van der Waals surface area contributed by atoms with Gasteiger partial charge in [0, 0.05) is 24.9 Å². The molecule has 0 fully saturated rings. The maximum absolute atomic E-state index is 12.6. The molecule has 2 rings (SSSR count). The van der Waals surface area contributed by atoms with E-state index in [-0.39, 0.29) is 36.4 Å². The standard InChI is InChI=1S/C20H25N3O4S/c1-3-23(13-12-18(25)27-4-2)19(26)16-14-28-20(21-16)22-17(24)11-10-15-8-6-5-7-9-15/h5-9,14H,3-4,10-13H2,1-2H3,(H,21,22,24). The molecule has 0 aliphatic heterocycles.